The topological polar surface area (TPSA) is 146 Å². The van der Waals surface area contributed by atoms with Crippen LogP contribution in [-0.4, -0.2) is 27.1 Å². The molecule has 6 N–H and O–H groups in total. The number of nitrogens with two attached hydrogens (primary N) is 1. The van der Waals surface area contributed by atoms with Gasteiger partial charge in [0.1, 0.15) is 17.2 Å². The number of nitrogens with one attached hydrogen (secondary N) is 4. The molecule has 2 aromatic heterocycles. The summed E-state index contributed by atoms with van der Waals surface area (Å²) in [7, 11) is 0. The van der Waals surface area contributed by atoms with Gasteiger partial charge in [-0.2, -0.15) is 0 Å². The van der Waals surface area contributed by atoms with Crippen LogP contribution in [0, 0.1) is 17.0 Å². The molecule has 0 aliphatic carbocycles. The zero-order valence-corrected chi connectivity index (χ0v) is 19.9. The smallest absolute Gasteiger partial charge is 0.325 e. The molecule has 4 aromatic rings. The normalized spacial score (nSPS) is 11.0. The van der Waals surface area contributed by atoms with E-state index in [0.29, 0.717) is 27.9 Å². The van der Waals surface area contributed by atoms with E-state index in [-0.39, 0.29) is 23.0 Å². The number of carbonyl (C=O) groups excluding carboxylic acids is 2. The Morgan fingerprint density at radius 2 is 1.92 bits per heavy atom. The Balaban J connectivity index is 1.42. The number of thioether (sulfide) groups is 1. The molecule has 0 aliphatic heterocycles. The molecule has 2 heterocycles. The minimum Gasteiger partial charge on any atom is -0.453 e. The third-order valence-corrected chi connectivity index (χ3v) is 5.48. The number of rotatable bonds is 7. The van der Waals surface area contributed by atoms with Crippen LogP contribution in [0.5, 0.6) is 11.5 Å². The Hall–Kier alpha value is -4.71. The highest BCUT2D eigenvalue weighted by atomic mass is 32.2. The molecule has 0 aliphatic rings. The number of imide groups is 1. The van der Waals surface area contributed by atoms with Crippen LogP contribution in [0.2, 0.25) is 0 Å². The second-order valence-electron chi connectivity index (χ2n) is 7.61. The van der Waals surface area contributed by atoms with Gasteiger partial charge in [-0.3, -0.25) is 15.5 Å². The molecule has 4 rings (SSSR count). The molecule has 2 aromatic carbocycles. The molecule has 0 unspecified atom stereocenters. The third-order valence-electron chi connectivity index (χ3n) is 4.95. The van der Waals surface area contributed by atoms with Gasteiger partial charge in [0.05, 0.1) is 11.8 Å². The molecule has 0 fully saturated rings. The molecule has 0 radical (unpaired) electrons. The summed E-state index contributed by atoms with van der Waals surface area (Å²) in [4.78, 5) is 31.4. The number of amidine groups is 1. The lowest BCUT2D eigenvalue weighted by molar-refractivity contribution is -0.119. The van der Waals surface area contributed by atoms with Crippen molar-refractivity contribution in [1.82, 2.24) is 15.3 Å². The van der Waals surface area contributed by atoms with Crippen molar-refractivity contribution in [3.8, 4) is 11.5 Å². The summed E-state index contributed by atoms with van der Waals surface area (Å²) in [5.41, 5.74) is 7.20. The van der Waals surface area contributed by atoms with E-state index in [2.05, 4.69) is 20.6 Å². The zero-order chi connectivity index (χ0) is 26.4. The lowest BCUT2D eigenvalue weighted by Gasteiger charge is -2.11. The zero-order valence-electron chi connectivity index (χ0n) is 19.0. The number of aromatic nitrogens is 2. The molecule has 0 spiro atoms. The average Bonchev–Trinajstić information content (AvgIpc) is 3.26. The predicted octanol–water partition coefficient (Wildman–Crippen LogP) is 5.12. The first-order valence-electron chi connectivity index (χ1n) is 10.7. The van der Waals surface area contributed by atoms with Crippen LogP contribution >= 0.6 is 11.8 Å². The van der Waals surface area contributed by atoms with Crippen molar-refractivity contribution in [3.63, 3.8) is 0 Å². The monoisotopic (exact) mass is 522 g/mol. The van der Waals surface area contributed by atoms with Gasteiger partial charge in [-0.1, -0.05) is 23.9 Å². The second-order valence-corrected chi connectivity index (χ2v) is 8.56. The van der Waals surface area contributed by atoms with Crippen LogP contribution in [0.15, 0.2) is 66.3 Å². The highest BCUT2D eigenvalue weighted by Gasteiger charge is 2.14. The largest absolute Gasteiger partial charge is 0.453 e. The van der Waals surface area contributed by atoms with Gasteiger partial charge in [0, 0.05) is 29.7 Å². The summed E-state index contributed by atoms with van der Waals surface area (Å²) in [6, 6.07) is 9.86. The third kappa shape index (κ3) is 6.70. The summed E-state index contributed by atoms with van der Waals surface area (Å²) in [5, 5.41) is 14.0. The number of urea groups is 1. The lowest BCUT2D eigenvalue weighted by Crippen LogP contribution is -2.35. The number of H-pyrrole nitrogens is 1. The van der Waals surface area contributed by atoms with Crippen molar-refractivity contribution < 1.29 is 23.1 Å². The van der Waals surface area contributed by atoms with E-state index in [1.165, 1.54) is 42.6 Å². The molecule has 188 valence electrons. The molecule has 0 saturated heterocycles. The van der Waals surface area contributed by atoms with Crippen molar-refractivity contribution in [2.75, 3.05) is 5.32 Å². The van der Waals surface area contributed by atoms with Gasteiger partial charge < -0.3 is 20.8 Å². The Morgan fingerprint density at radius 1 is 1.14 bits per heavy atom. The number of pyridine rings is 1. The van der Waals surface area contributed by atoms with Gasteiger partial charge in [-0.25, -0.2) is 18.6 Å². The standard InChI is InChI=1S/C25H20F2N6O3S/c26-16-3-1-14(2-4-16)11-21(34)33-25(35)32-17-5-6-19(18(27)12-17)36-20-7-9-30-23-22(20)15(13-31-23)8-10-37-24(28)29/h1-10,12-13H,11H2,(H3,28,29)(H,30,31)(H2,32,33,34,35)/b10-8+. The fraction of sp³-hybridized carbons (Fsp3) is 0.0400. The van der Waals surface area contributed by atoms with Crippen molar-refractivity contribution in [1.29, 1.82) is 5.41 Å². The van der Waals surface area contributed by atoms with Crippen LogP contribution in [0.25, 0.3) is 17.1 Å². The lowest BCUT2D eigenvalue weighted by atomic mass is 10.1. The molecule has 0 saturated carbocycles. The number of fused-ring (bicyclic) bond motifs is 1. The fourth-order valence-corrected chi connectivity index (χ4v) is 3.71. The van der Waals surface area contributed by atoms with Crippen molar-refractivity contribution in [2.45, 2.75) is 6.42 Å². The van der Waals surface area contributed by atoms with Crippen LogP contribution in [0.4, 0.5) is 19.3 Å². The number of ether oxygens (including phenoxy) is 1. The van der Waals surface area contributed by atoms with Crippen LogP contribution in [0.1, 0.15) is 11.1 Å². The van der Waals surface area contributed by atoms with Crippen LogP contribution in [-0.2, 0) is 11.2 Å². The summed E-state index contributed by atoms with van der Waals surface area (Å²) >= 11 is 1.03. The quantitative estimate of drug-likeness (QED) is 0.168. The van der Waals surface area contributed by atoms with Crippen molar-refractivity contribution >= 4 is 51.7 Å². The van der Waals surface area contributed by atoms with Crippen LogP contribution < -0.4 is 21.1 Å². The van der Waals surface area contributed by atoms with Gasteiger partial charge in [0.25, 0.3) is 0 Å². The number of nitrogens with zero attached hydrogens (tertiary/aromatic N) is 1. The van der Waals surface area contributed by atoms with E-state index >= 15 is 0 Å². The SMILES string of the molecule is N=C(N)S/C=C/c1c[nH]c2nccc(Oc3ccc(NC(=O)NC(=O)Cc4ccc(F)cc4)cc3F)c12. The summed E-state index contributed by atoms with van der Waals surface area (Å²) in [6.45, 7) is 0. The number of hydrogen-bond donors (Lipinski definition) is 5. The minimum absolute atomic E-state index is 0.0626. The van der Waals surface area contributed by atoms with E-state index in [9.17, 15) is 18.4 Å². The molecule has 12 heteroatoms. The summed E-state index contributed by atoms with van der Waals surface area (Å²) in [6.07, 6.45) is 4.80. The van der Waals surface area contributed by atoms with Gasteiger partial charge in [-0.15, -0.1) is 0 Å². The van der Waals surface area contributed by atoms with E-state index in [0.717, 1.165) is 17.8 Å². The minimum atomic E-state index is -0.844. The first kappa shape index (κ1) is 25.4. The van der Waals surface area contributed by atoms with E-state index in [1.54, 1.807) is 23.7 Å². The molecule has 0 bridgehead atoms. The van der Waals surface area contributed by atoms with Gasteiger partial charge in [0.15, 0.2) is 16.7 Å². The number of hydrogen-bond acceptors (Lipinski definition) is 6. The predicted molar refractivity (Wildman–Crippen MR) is 138 cm³/mol. The maximum absolute atomic E-state index is 14.8. The average molecular weight is 523 g/mol. The highest BCUT2D eigenvalue weighted by molar-refractivity contribution is 8.16. The van der Waals surface area contributed by atoms with Crippen molar-refractivity contribution in [2.24, 2.45) is 5.73 Å². The summed E-state index contributed by atoms with van der Waals surface area (Å²) < 4.78 is 33.6. The van der Waals surface area contributed by atoms with Gasteiger partial charge in [-0.05, 0) is 47.4 Å². The second kappa shape index (κ2) is 11.4. The molecular formula is C25H20F2N6O3S. The Kier molecular flexibility index (Phi) is 7.79. The number of anilines is 1. The Labute approximate surface area is 213 Å². The Morgan fingerprint density at radius 3 is 2.65 bits per heavy atom. The van der Waals surface area contributed by atoms with Crippen molar-refractivity contribution in [3.05, 3.63) is 89.1 Å². The van der Waals surface area contributed by atoms with E-state index in [4.69, 9.17) is 15.9 Å². The molecule has 37 heavy (non-hydrogen) atoms. The first-order valence-corrected chi connectivity index (χ1v) is 11.6. The highest BCUT2D eigenvalue weighted by Crippen LogP contribution is 2.34. The van der Waals surface area contributed by atoms with E-state index < -0.39 is 23.6 Å². The number of carbonyl (C=O) groups is 2. The van der Waals surface area contributed by atoms with Crippen LogP contribution in [0.3, 0.4) is 0 Å². The maximum Gasteiger partial charge on any atom is 0.325 e. The Bertz CT molecular complexity index is 1500. The molecule has 9 nitrogen and oxygen atoms in total. The van der Waals surface area contributed by atoms with Gasteiger partial charge >= 0.3 is 6.03 Å². The number of amides is 3. The number of aromatic amines is 1. The summed E-state index contributed by atoms with van der Waals surface area (Å²) in [5.74, 6) is -1.55. The molecule has 3 amide bonds. The number of benzene rings is 2. The first-order chi connectivity index (χ1) is 17.8. The van der Waals surface area contributed by atoms with E-state index in [1.807, 2.05) is 0 Å². The fourth-order valence-electron chi connectivity index (χ4n) is 3.35. The maximum atomic E-state index is 14.8. The van der Waals surface area contributed by atoms with Gasteiger partial charge in [0.2, 0.25) is 5.91 Å². The molecule has 0 atom stereocenters. The molecular weight excluding hydrogens is 502 g/mol. The number of halogens is 2.